The van der Waals surface area contributed by atoms with Gasteiger partial charge in [-0.05, 0) is 0 Å². The molecule has 1 aromatic heterocycles. The number of hydrogen-bond donors (Lipinski definition) is 1. The summed E-state index contributed by atoms with van der Waals surface area (Å²) < 4.78 is 0. The summed E-state index contributed by atoms with van der Waals surface area (Å²) in [6.45, 7) is -0.421. The van der Waals surface area contributed by atoms with Crippen LogP contribution in [0.2, 0.25) is 0 Å². The van der Waals surface area contributed by atoms with E-state index < -0.39 is 12.6 Å². The van der Waals surface area contributed by atoms with Crippen molar-refractivity contribution in [2.24, 2.45) is 5.16 Å². The summed E-state index contributed by atoms with van der Waals surface area (Å²) in [7, 11) is 0. The first-order chi connectivity index (χ1) is 5.79. The molecule has 0 amide bonds. The molecule has 0 radical (unpaired) electrons. The number of rotatable bonds is 4. The molecule has 12 heavy (non-hydrogen) atoms. The van der Waals surface area contributed by atoms with Gasteiger partial charge < -0.3 is 9.94 Å². The number of carboxylic acids is 1. The first-order valence-electron chi connectivity index (χ1n) is 3.04. The molecule has 0 spiro atoms. The van der Waals surface area contributed by atoms with Gasteiger partial charge in [0.05, 0.1) is 16.6 Å². The van der Waals surface area contributed by atoms with E-state index in [0.29, 0.717) is 0 Å². The van der Waals surface area contributed by atoms with Crippen molar-refractivity contribution in [3.05, 3.63) is 16.6 Å². The van der Waals surface area contributed by atoms with Gasteiger partial charge in [0.15, 0.2) is 0 Å². The fraction of sp³-hybridized carbons (Fsp3) is 0.167. The van der Waals surface area contributed by atoms with Crippen LogP contribution in [0, 0.1) is 0 Å². The Hall–Kier alpha value is -1.43. The van der Waals surface area contributed by atoms with E-state index in [-0.39, 0.29) is 0 Å². The zero-order valence-corrected chi connectivity index (χ0v) is 6.82. The zero-order valence-electron chi connectivity index (χ0n) is 6.01. The van der Waals surface area contributed by atoms with Crippen molar-refractivity contribution in [3.63, 3.8) is 0 Å². The van der Waals surface area contributed by atoms with Crippen LogP contribution in [0.5, 0.6) is 0 Å². The summed E-state index contributed by atoms with van der Waals surface area (Å²) in [4.78, 5) is 19.0. The van der Waals surface area contributed by atoms with Crippen LogP contribution in [0.3, 0.4) is 0 Å². The minimum absolute atomic E-state index is 0.421. The predicted octanol–water partition coefficient (Wildman–Crippen LogP) is 0.578. The highest BCUT2D eigenvalue weighted by Crippen LogP contribution is 2.00. The molecule has 0 aliphatic carbocycles. The molecule has 6 heteroatoms. The van der Waals surface area contributed by atoms with Gasteiger partial charge in [-0.1, -0.05) is 5.16 Å². The molecule has 1 aromatic rings. The molecule has 0 saturated heterocycles. The van der Waals surface area contributed by atoms with Gasteiger partial charge in [0, 0.05) is 6.20 Å². The third-order valence-electron chi connectivity index (χ3n) is 0.894. The summed E-state index contributed by atoms with van der Waals surface area (Å²) in [5.74, 6) is -1.04. The van der Waals surface area contributed by atoms with E-state index in [1.165, 1.54) is 17.6 Å². The molecule has 1 heterocycles. The van der Waals surface area contributed by atoms with Crippen molar-refractivity contribution < 1.29 is 14.7 Å². The molecular formula is C6H6N2O3S. The lowest BCUT2D eigenvalue weighted by Gasteiger charge is -1.90. The van der Waals surface area contributed by atoms with Crippen molar-refractivity contribution in [2.75, 3.05) is 6.61 Å². The largest absolute Gasteiger partial charge is 0.479 e. The Morgan fingerprint density at radius 2 is 2.75 bits per heavy atom. The van der Waals surface area contributed by atoms with Crippen molar-refractivity contribution in [2.45, 2.75) is 0 Å². The van der Waals surface area contributed by atoms with Gasteiger partial charge in [-0.2, -0.15) is 0 Å². The first-order valence-corrected chi connectivity index (χ1v) is 3.92. The van der Waals surface area contributed by atoms with Crippen LogP contribution in [0.4, 0.5) is 0 Å². The SMILES string of the molecule is O=C(O)CON=Cc1cncs1. The minimum Gasteiger partial charge on any atom is -0.479 e. The van der Waals surface area contributed by atoms with Crippen molar-refractivity contribution >= 4 is 23.5 Å². The molecule has 0 bridgehead atoms. The number of thiazole rings is 1. The Kier molecular flexibility index (Phi) is 3.21. The Morgan fingerprint density at radius 3 is 3.33 bits per heavy atom. The normalized spacial score (nSPS) is 10.3. The van der Waals surface area contributed by atoms with Crippen LogP contribution in [0.25, 0.3) is 0 Å². The molecule has 1 rings (SSSR count). The van der Waals surface area contributed by atoms with E-state index in [0.717, 1.165) is 4.88 Å². The number of carbonyl (C=O) groups is 1. The maximum Gasteiger partial charge on any atom is 0.344 e. The fourth-order valence-electron chi connectivity index (χ4n) is 0.471. The molecule has 0 unspecified atom stereocenters. The lowest BCUT2D eigenvalue weighted by Crippen LogP contribution is -2.03. The van der Waals surface area contributed by atoms with Crippen LogP contribution in [-0.4, -0.2) is 28.9 Å². The maximum absolute atomic E-state index is 9.95. The highest BCUT2D eigenvalue weighted by molar-refractivity contribution is 7.11. The van der Waals surface area contributed by atoms with Crippen LogP contribution >= 0.6 is 11.3 Å². The third-order valence-corrected chi connectivity index (χ3v) is 1.60. The Labute approximate surface area is 72.3 Å². The molecule has 0 saturated carbocycles. The molecule has 0 fully saturated rings. The van der Waals surface area contributed by atoms with Crippen molar-refractivity contribution in [1.82, 2.24) is 4.98 Å². The minimum atomic E-state index is -1.04. The number of nitrogens with zero attached hydrogens (tertiary/aromatic N) is 2. The molecular weight excluding hydrogens is 180 g/mol. The van der Waals surface area contributed by atoms with Gasteiger partial charge in [-0.25, -0.2) is 4.79 Å². The van der Waals surface area contributed by atoms with Crippen LogP contribution in [-0.2, 0) is 9.63 Å². The smallest absolute Gasteiger partial charge is 0.344 e. The third kappa shape index (κ3) is 3.11. The molecule has 5 nitrogen and oxygen atoms in total. The molecule has 0 aliphatic heterocycles. The molecule has 64 valence electrons. The van der Waals surface area contributed by atoms with E-state index in [1.54, 1.807) is 11.7 Å². The van der Waals surface area contributed by atoms with E-state index in [4.69, 9.17) is 5.11 Å². The van der Waals surface area contributed by atoms with Crippen molar-refractivity contribution in [1.29, 1.82) is 0 Å². The topological polar surface area (TPSA) is 71.8 Å². The second kappa shape index (κ2) is 4.45. The van der Waals surface area contributed by atoms with Gasteiger partial charge in [0.2, 0.25) is 6.61 Å². The highest BCUT2D eigenvalue weighted by atomic mass is 32.1. The monoisotopic (exact) mass is 186 g/mol. The van der Waals surface area contributed by atoms with Gasteiger partial charge in [-0.15, -0.1) is 11.3 Å². The van der Waals surface area contributed by atoms with Gasteiger partial charge in [-0.3, -0.25) is 4.98 Å². The summed E-state index contributed by atoms with van der Waals surface area (Å²) in [5.41, 5.74) is 1.65. The quantitative estimate of drug-likeness (QED) is 0.551. The second-order valence-corrected chi connectivity index (χ2v) is 2.72. The zero-order chi connectivity index (χ0) is 8.81. The Morgan fingerprint density at radius 1 is 1.92 bits per heavy atom. The van der Waals surface area contributed by atoms with Crippen LogP contribution in [0.1, 0.15) is 4.88 Å². The lowest BCUT2D eigenvalue weighted by molar-refractivity contribution is -0.142. The summed E-state index contributed by atoms with van der Waals surface area (Å²) in [6, 6.07) is 0. The average molecular weight is 186 g/mol. The highest BCUT2D eigenvalue weighted by Gasteiger charge is 1.93. The molecule has 0 aromatic carbocycles. The number of carboxylic acid groups (broad SMARTS) is 1. The average Bonchev–Trinajstić information content (AvgIpc) is 2.49. The summed E-state index contributed by atoms with van der Waals surface area (Å²) >= 11 is 1.39. The predicted molar refractivity (Wildman–Crippen MR) is 43.3 cm³/mol. The molecule has 1 N–H and O–H groups in total. The Balaban J connectivity index is 2.27. The van der Waals surface area contributed by atoms with Crippen LogP contribution < -0.4 is 0 Å². The van der Waals surface area contributed by atoms with E-state index in [9.17, 15) is 4.79 Å². The number of aliphatic carboxylic acids is 1. The first kappa shape index (κ1) is 8.66. The number of aromatic nitrogens is 1. The fourth-order valence-corrected chi connectivity index (χ4v) is 0.940. The maximum atomic E-state index is 9.95. The van der Waals surface area contributed by atoms with Gasteiger partial charge >= 0.3 is 5.97 Å². The van der Waals surface area contributed by atoms with Gasteiger partial charge in [0.1, 0.15) is 0 Å². The standard InChI is InChI=1S/C6H6N2O3S/c9-6(10)3-11-8-2-5-1-7-4-12-5/h1-2,4H,3H2,(H,9,10). The summed E-state index contributed by atoms with van der Waals surface area (Å²) in [6.07, 6.45) is 3.03. The van der Waals surface area contributed by atoms with Crippen molar-refractivity contribution in [3.8, 4) is 0 Å². The number of oxime groups is 1. The summed E-state index contributed by atoms with van der Waals surface area (Å²) in [5, 5.41) is 11.6. The van der Waals surface area contributed by atoms with E-state index >= 15 is 0 Å². The lowest BCUT2D eigenvalue weighted by atomic mass is 10.6. The van der Waals surface area contributed by atoms with Crippen LogP contribution in [0.15, 0.2) is 16.9 Å². The Bertz CT molecular complexity index is 270. The molecule has 0 atom stereocenters. The van der Waals surface area contributed by atoms with E-state index in [1.807, 2.05) is 0 Å². The second-order valence-electron chi connectivity index (χ2n) is 1.81. The van der Waals surface area contributed by atoms with Gasteiger partial charge in [0.25, 0.3) is 0 Å². The molecule has 0 aliphatic rings. The van der Waals surface area contributed by atoms with E-state index in [2.05, 4.69) is 15.0 Å². The number of hydrogen-bond acceptors (Lipinski definition) is 5.